The average Bonchev–Trinajstić information content (AvgIpc) is 3.44. The molecule has 0 bridgehead atoms. The standard InChI is InChI=1S/C24H25FN6O3.C18H16FN5O.C7H13NO3.C6H11NO3/c25-16-3-1-2-15(10-16)20-5-4-18-19(11-27-23(26)22(18)29-20)24(33)28-17-12-31(13-17)21(32)14-30-6-8-34-9-7-30;19-11-3-1-2-10(6-11)15-5-4-13-14(9-22-17(20)16(13)24-15)18(25)23-12-7-21-8-12;1-10-7(9)6-8-2-4-11-5-3-8;8-6(9)5-7-1-3-10-4-2-7/h1-5,10-11,17H,6-9,12-14H2,(H2,26,27)(H,28,33);1-6,9,12,21H,7-8H2,(H2,20,22)(H,23,25);2-6H2,1H3;1-5H2,(H,8,9). The van der Waals surface area contributed by atoms with E-state index >= 15 is 0 Å². The molecule has 0 spiro atoms. The molecular weight excluding hydrogens is 1040 g/mol. The van der Waals surface area contributed by atoms with Gasteiger partial charge in [0.05, 0.1) is 101 Å². The number of rotatable bonds is 12. The Hall–Kier alpha value is -7.91. The first kappa shape index (κ1) is 58.2. The Labute approximate surface area is 459 Å². The van der Waals surface area contributed by atoms with Gasteiger partial charge in [-0.3, -0.25) is 38.7 Å². The molecule has 0 unspecified atom stereocenters. The van der Waals surface area contributed by atoms with Gasteiger partial charge in [-0.05, 0) is 48.5 Å². The smallest absolute Gasteiger partial charge is 0.319 e. The van der Waals surface area contributed by atoms with Crippen molar-refractivity contribution in [3.05, 3.63) is 108 Å². The fourth-order valence-electron chi connectivity index (χ4n) is 8.95. The van der Waals surface area contributed by atoms with Crippen molar-refractivity contribution in [3.63, 3.8) is 0 Å². The van der Waals surface area contributed by atoms with Crippen LogP contribution in [0.3, 0.4) is 0 Å². The van der Waals surface area contributed by atoms with Crippen molar-refractivity contribution >= 4 is 63.1 Å². The highest BCUT2D eigenvalue weighted by atomic mass is 19.1. The monoisotopic (exact) mass is 1110 g/mol. The van der Waals surface area contributed by atoms with Gasteiger partial charge < -0.3 is 56.4 Å². The molecule has 11 rings (SSSR count). The van der Waals surface area contributed by atoms with Crippen LogP contribution in [0.5, 0.6) is 0 Å². The lowest BCUT2D eigenvalue weighted by molar-refractivity contribution is -0.143. The van der Waals surface area contributed by atoms with Crippen molar-refractivity contribution in [2.75, 3.05) is 143 Å². The Morgan fingerprint density at radius 2 is 1.07 bits per heavy atom. The molecule has 2 aromatic carbocycles. The fourth-order valence-corrected chi connectivity index (χ4v) is 8.95. The number of carbonyl (C=O) groups excluding carboxylic acids is 4. The Balaban J connectivity index is 0.000000158. The van der Waals surface area contributed by atoms with E-state index in [9.17, 15) is 32.8 Å². The van der Waals surface area contributed by atoms with Gasteiger partial charge in [0.25, 0.3) is 11.8 Å². The van der Waals surface area contributed by atoms with Crippen molar-refractivity contribution in [2.45, 2.75) is 12.1 Å². The van der Waals surface area contributed by atoms with Crippen LogP contribution in [0.25, 0.3) is 44.3 Å². The number of benzene rings is 2. The second kappa shape index (κ2) is 28.3. The molecule has 5 saturated heterocycles. The predicted octanol–water partition coefficient (Wildman–Crippen LogP) is 1.91. The van der Waals surface area contributed by atoms with Crippen LogP contribution in [-0.4, -0.2) is 218 Å². The summed E-state index contributed by atoms with van der Waals surface area (Å²) in [4.78, 5) is 83.8. The normalized spacial score (nSPS) is 17.0. The second-order valence-electron chi connectivity index (χ2n) is 19.3. The number of carbonyl (C=O) groups is 5. The third kappa shape index (κ3) is 16.1. The maximum absolute atomic E-state index is 13.6. The molecule has 80 heavy (non-hydrogen) atoms. The summed E-state index contributed by atoms with van der Waals surface area (Å²) in [6.07, 6.45) is 2.89. The zero-order chi connectivity index (χ0) is 56.5. The van der Waals surface area contributed by atoms with Crippen LogP contribution in [0.15, 0.2) is 85.2 Å². The van der Waals surface area contributed by atoms with E-state index in [1.807, 2.05) is 9.80 Å². The number of methoxy groups -OCH3 is 1. The molecule has 4 aromatic heterocycles. The van der Waals surface area contributed by atoms with Gasteiger partial charge >= 0.3 is 11.9 Å². The van der Waals surface area contributed by atoms with Crippen molar-refractivity contribution in [2.24, 2.45) is 0 Å². The minimum absolute atomic E-state index is 0.0566. The van der Waals surface area contributed by atoms with E-state index in [0.717, 1.165) is 65.6 Å². The molecule has 424 valence electrons. The van der Waals surface area contributed by atoms with Gasteiger partial charge in [0.1, 0.15) is 34.3 Å². The molecule has 3 amide bonds. The number of nitrogen functional groups attached to an aromatic ring is 2. The van der Waals surface area contributed by atoms with E-state index in [1.165, 1.54) is 43.8 Å². The van der Waals surface area contributed by atoms with Gasteiger partial charge in [-0.2, -0.15) is 0 Å². The lowest BCUT2D eigenvalue weighted by atomic mass is 10.0. The van der Waals surface area contributed by atoms with Crippen molar-refractivity contribution in [1.82, 2.24) is 55.5 Å². The summed E-state index contributed by atoms with van der Waals surface area (Å²) in [5.74, 6) is -1.67. The topological polar surface area (TPSA) is 295 Å². The number of hydrogen-bond acceptors (Lipinski definition) is 19. The van der Waals surface area contributed by atoms with Gasteiger partial charge in [0, 0.05) is 99.7 Å². The average molecular weight is 1110 g/mol. The van der Waals surface area contributed by atoms with E-state index in [-0.39, 0.29) is 65.6 Å². The molecule has 5 fully saturated rings. The summed E-state index contributed by atoms with van der Waals surface area (Å²) in [5, 5.41) is 18.6. The molecule has 0 radical (unpaired) electrons. The molecule has 6 aromatic rings. The molecule has 0 saturated carbocycles. The third-order valence-electron chi connectivity index (χ3n) is 13.5. The number of nitrogens with zero attached hydrogens (tertiary/aromatic N) is 8. The van der Waals surface area contributed by atoms with Crippen molar-refractivity contribution in [1.29, 1.82) is 0 Å². The minimum atomic E-state index is -0.762. The second-order valence-corrected chi connectivity index (χ2v) is 19.3. The lowest BCUT2D eigenvalue weighted by Gasteiger charge is -2.40. The number of aliphatic carboxylic acids is 1. The maximum Gasteiger partial charge on any atom is 0.319 e. The first-order valence-electron chi connectivity index (χ1n) is 26.1. The molecule has 0 aliphatic carbocycles. The highest BCUT2D eigenvalue weighted by molar-refractivity contribution is 6.09. The molecular formula is C55H65F2N13O10. The number of morpholine rings is 3. The van der Waals surface area contributed by atoms with Gasteiger partial charge in [-0.15, -0.1) is 0 Å². The largest absolute Gasteiger partial charge is 0.480 e. The molecule has 9 heterocycles. The highest BCUT2D eigenvalue weighted by Crippen LogP contribution is 2.28. The molecule has 8 N–H and O–H groups in total. The fraction of sp³-hybridized carbons (Fsp3) is 0.400. The third-order valence-corrected chi connectivity index (χ3v) is 13.5. The minimum Gasteiger partial charge on any atom is -0.480 e. The molecule has 5 aliphatic rings. The lowest BCUT2D eigenvalue weighted by Crippen LogP contribution is -2.62. The van der Waals surface area contributed by atoms with Gasteiger partial charge in [0.2, 0.25) is 5.91 Å². The zero-order valence-electron chi connectivity index (χ0n) is 44.3. The summed E-state index contributed by atoms with van der Waals surface area (Å²) in [6.45, 7) is 12.1. The Morgan fingerprint density at radius 1 is 0.637 bits per heavy atom. The number of carboxylic acid groups (broad SMARTS) is 1. The molecule has 5 aliphatic heterocycles. The highest BCUT2D eigenvalue weighted by Gasteiger charge is 2.33. The quantitative estimate of drug-likeness (QED) is 0.0954. The number of likely N-dealkylation sites (tertiary alicyclic amines) is 1. The van der Waals surface area contributed by atoms with Crippen LogP contribution in [-0.2, 0) is 33.3 Å². The number of nitrogens with two attached hydrogens (primary N) is 2. The van der Waals surface area contributed by atoms with Crippen molar-refractivity contribution < 1.29 is 56.8 Å². The van der Waals surface area contributed by atoms with E-state index in [2.05, 4.69) is 45.5 Å². The van der Waals surface area contributed by atoms with E-state index in [0.29, 0.717) is 108 Å². The van der Waals surface area contributed by atoms with Gasteiger partial charge in [0.15, 0.2) is 0 Å². The number of nitrogens with one attached hydrogen (secondary N) is 3. The number of esters is 1. The van der Waals surface area contributed by atoms with Gasteiger partial charge in [-0.25, -0.2) is 28.7 Å². The molecule has 25 heteroatoms. The zero-order valence-corrected chi connectivity index (χ0v) is 44.3. The number of amides is 3. The van der Waals surface area contributed by atoms with Crippen LogP contribution >= 0.6 is 0 Å². The maximum atomic E-state index is 13.6. The molecule has 0 atom stereocenters. The Morgan fingerprint density at radius 3 is 1.49 bits per heavy atom. The number of hydrogen-bond donors (Lipinski definition) is 6. The Kier molecular flexibility index (Phi) is 20.6. The number of pyridine rings is 4. The first-order chi connectivity index (χ1) is 38.7. The van der Waals surface area contributed by atoms with E-state index in [4.69, 9.17) is 30.8 Å². The van der Waals surface area contributed by atoms with Crippen LogP contribution in [0.2, 0.25) is 0 Å². The number of anilines is 2. The Bertz CT molecular complexity index is 3130. The summed E-state index contributed by atoms with van der Waals surface area (Å²) in [6, 6.07) is 19.2. The number of ether oxygens (including phenoxy) is 4. The number of fused-ring (bicyclic) bond motifs is 2. The summed E-state index contributed by atoms with van der Waals surface area (Å²) in [5.41, 5.74) is 15.9. The van der Waals surface area contributed by atoms with E-state index in [1.54, 1.807) is 53.4 Å². The summed E-state index contributed by atoms with van der Waals surface area (Å²) < 4.78 is 47.1. The number of carboxylic acids is 1. The van der Waals surface area contributed by atoms with Crippen LogP contribution in [0, 0.1) is 11.6 Å². The molecule has 23 nitrogen and oxygen atoms in total. The van der Waals surface area contributed by atoms with Crippen LogP contribution in [0.4, 0.5) is 20.4 Å². The number of halogens is 2. The van der Waals surface area contributed by atoms with E-state index < -0.39 is 5.97 Å². The predicted molar refractivity (Wildman–Crippen MR) is 292 cm³/mol. The van der Waals surface area contributed by atoms with Crippen LogP contribution in [0.1, 0.15) is 20.7 Å². The van der Waals surface area contributed by atoms with Gasteiger partial charge in [-0.1, -0.05) is 24.3 Å². The SMILES string of the molecule is COC(=O)CN1CCOCC1.Nc1ncc(C(=O)NC2CN(C(=O)CN3CCOCC3)C2)c2ccc(-c3cccc(F)c3)nc12.Nc1ncc(C(=O)NC2CNC2)c2ccc(-c3cccc(F)c3)nc12.O=C(O)CN1CCOCC1. The summed E-state index contributed by atoms with van der Waals surface area (Å²) in [7, 11) is 1.41. The van der Waals surface area contributed by atoms with Crippen LogP contribution < -0.4 is 27.4 Å². The summed E-state index contributed by atoms with van der Waals surface area (Å²) >= 11 is 0. The number of aromatic nitrogens is 4. The first-order valence-corrected chi connectivity index (χ1v) is 26.1. The van der Waals surface area contributed by atoms with Crippen molar-refractivity contribution in [3.8, 4) is 22.5 Å².